The Bertz CT molecular complexity index is 1040. The predicted octanol–water partition coefficient (Wildman–Crippen LogP) is 8.10. The van der Waals surface area contributed by atoms with Crippen molar-refractivity contribution in [3.05, 3.63) is 77.4 Å². The van der Waals surface area contributed by atoms with Gasteiger partial charge in [0, 0.05) is 11.1 Å². The first-order valence-electron chi connectivity index (χ1n) is 12.0. The molecule has 3 aromatic rings. The highest BCUT2D eigenvalue weighted by molar-refractivity contribution is 5.85. The van der Waals surface area contributed by atoms with Gasteiger partial charge in [0.05, 0.1) is 6.61 Å². The zero-order chi connectivity index (χ0) is 21.5. The molecule has 0 N–H and O–H groups in total. The molecule has 0 spiro atoms. The van der Waals surface area contributed by atoms with E-state index in [1.165, 1.54) is 61.3 Å². The van der Waals surface area contributed by atoms with Crippen LogP contribution >= 0.6 is 0 Å². The van der Waals surface area contributed by atoms with Gasteiger partial charge in [-0.3, -0.25) is 0 Å². The van der Waals surface area contributed by atoms with Crippen LogP contribution in [0, 0.1) is 17.8 Å². The Labute approximate surface area is 187 Å². The third kappa shape index (κ3) is 5.71. The maximum atomic E-state index is 5.60. The van der Waals surface area contributed by atoms with Gasteiger partial charge in [-0.25, -0.2) is 0 Å². The highest BCUT2D eigenvalue weighted by Gasteiger charge is 2.21. The van der Waals surface area contributed by atoms with Crippen molar-refractivity contribution in [1.82, 2.24) is 0 Å². The summed E-state index contributed by atoms with van der Waals surface area (Å²) in [5.41, 5.74) is 3.63. The SMILES string of the molecule is CCCCC1CCC(c2ccc(C#Cc3ccc4cc(OCC)ccc4c3)cc2)CC1. The molecule has 0 atom stereocenters. The highest BCUT2D eigenvalue weighted by atomic mass is 16.5. The minimum absolute atomic E-state index is 0.689. The zero-order valence-corrected chi connectivity index (χ0v) is 19.0. The second-order valence-corrected chi connectivity index (χ2v) is 8.89. The number of fused-ring (bicyclic) bond motifs is 1. The summed E-state index contributed by atoms with van der Waals surface area (Å²) < 4.78 is 5.60. The molecule has 4 rings (SSSR count). The van der Waals surface area contributed by atoms with Gasteiger partial charge in [-0.15, -0.1) is 0 Å². The van der Waals surface area contributed by atoms with E-state index < -0.39 is 0 Å². The van der Waals surface area contributed by atoms with Gasteiger partial charge in [-0.2, -0.15) is 0 Å². The normalized spacial score (nSPS) is 18.4. The van der Waals surface area contributed by atoms with Crippen molar-refractivity contribution in [3.8, 4) is 17.6 Å². The van der Waals surface area contributed by atoms with E-state index in [0.29, 0.717) is 6.61 Å². The second kappa shape index (κ2) is 10.5. The Kier molecular flexibility index (Phi) is 7.31. The lowest BCUT2D eigenvalue weighted by atomic mass is 9.77. The lowest BCUT2D eigenvalue weighted by molar-refractivity contribution is 0.304. The van der Waals surface area contributed by atoms with Crippen LogP contribution in [-0.4, -0.2) is 6.61 Å². The van der Waals surface area contributed by atoms with Crippen molar-refractivity contribution in [2.24, 2.45) is 5.92 Å². The van der Waals surface area contributed by atoms with E-state index in [0.717, 1.165) is 28.7 Å². The Morgan fingerprint density at radius 2 is 1.45 bits per heavy atom. The molecule has 0 aliphatic heterocycles. The maximum absolute atomic E-state index is 5.60. The molecule has 1 nitrogen and oxygen atoms in total. The number of ether oxygens (including phenoxy) is 1. The molecule has 3 aromatic carbocycles. The second-order valence-electron chi connectivity index (χ2n) is 8.89. The molecule has 1 aliphatic carbocycles. The van der Waals surface area contributed by atoms with Gasteiger partial charge in [-0.1, -0.05) is 62.3 Å². The van der Waals surface area contributed by atoms with E-state index in [4.69, 9.17) is 4.74 Å². The molecule has 0 aromatic heterocycles. The summed E-state index contributed by atoms with van der Waals surface area (Å²) in [5, 5.41) is 2.38. The summed E-state index contributed by atoms with van der Waals surface area (Å²) in [4.78, 5) is 0. The van der Waals surface area contributed by atoms with Crippen LogP contribution < -0.4 is 4.74 Å². The van der Waals surface area contributed by atoms with Gasteiger partial charge in [0.1, 0.15) is 5.75 Å². The monoisotopic (exact) mass is 410 g/mol. The Balaban J connectivity index is 1.39. The fraction of sp³-hybridized carbons (Fsp3) is 0.400. The Morgan fingerprint density at radius 1 is 0.774 bits per heavy atom. The number of unbranched alkanes of at least 4 members (excludes halogenated alkanes) is 1. The number of hydrogen-bond donors (Lipinski definition) is 0. The molecule has 1 fully saturated rings. The molecule has 0 heterocycles. The molecule has 0 bridgehead atoms. The van der Waals surface area contributed by atoms with Crippen LogP contribution in [0.1, 0.15) is 81.4 Å². The van der Waals surface area contributed by atoms with Gasteiger partial charge in [0.2, 0.25) is 0 Å². The highest BCUT2D eigenvalue weighted by Crippen LogP contribution is 2.37. The predicted molar refractivity (Wildman–Crippen MR) is 132 cm³/mol. The molecule has 31 heavy (non-hydrogen) atoms. The van der Waals surface area contributed by atoms with Gasteiger partial charge in [0.15, 0.2) is 0 Å². The fourth-order valence-corrected chi connectivity index (χ4v) is 4.82. The first kappa shape index (κ1) is 21.5. The van der Waals surface area contributed by atoms with Gasteiger partial charge >= 0.3 is 0 Å². The van der Waals surface area contributed by atoms with Crippen molar-refractivity contribution >= 4 is 10.8 Å². The molecule has 1 heteroatoms. The van der Waals surface area contributed by atoms with Crippen molar-refractivity contribution in [2.75, 3.05) is 6.61 Å². The minimum Gasteiger partial charge on any atom is -0.494 e. The number of hydrogen-bond acceptors (Lipinski definition) is 1. The Hall–Kier alpha value is -2.72. The summed E-state index contributed by atoms with van der Waals surface area (Å²) in [6, 6.07) is 21.6. The third-order valence-corrected chi connectivity index (χ3v) is 6.67. The molecule has 0 radical (unpaired) electrons. The van der Waals surface area contributed by atoms with Gasteiger partial charge in [0.25, 0.3) is 0 Å². The van der Waals surface area contributed by atoms with Crippen molar-refractivity contribution in [1.29, 1.82) is 0 Å². The Morgan fingerprint density at radius 3 is 2.19 bits per heavy atom. The molecule has 160 valence electrons. The van der Waals surface area contributed by atoms with E-state index in [-0.39, 0.29) is 0 Å². The molecular formula is C30H34O. The van der Waals surface area contributed by atoms with Gasteiger partial charge in [-0.05, 0) is 97.2 Å². The molecule has 0 unspecified atom stereocenters. The van der Waals surface area contributed by atoms with E-state index >= 15 is 0 Å². The van der Waals surface area contributed by atoms with E-state index in [2.05, 4.69) is 73.4 Å². The van der Waals surface area contributed by atoms with Crippen LogP contribution in [0.4, 0.5) is 0 Å². The summed E-state index contributed by atoms with van der Waals surface area (Å²) in [6.45, 7) is 5.00. The van der Waals surface area contributed by atoms with E-state index in [1.807, 2.05) is 13.0 Å². The zero-order valence-electron chi connectivity index (χ0n) is 19.0. The molecule has 1 saturated carbocycles. The first-order chi connectivity index (χ1) is 15.2. The standard InChI is InChI=1S/C30H34O/c1-3-5-6-23-9-14-26(15-10-23)27-16-11-24(12-17-27)7-8-25-13-18-29-22-30(31-4-2)20-19-28(29)21-25/h11-13,16-23,26H,3-6,9-10,14-15H2,1-2H3. The van der Waals surface area contributed by atoms with Crippen LogP contribution in [0.2, 0.25) is 0 Å². The molecular weight excluding hydrogens is 376 g/mol. The molecule has 0 saturated heterocycles. The van der Waals surface area contributed by atoms with Crippen LogP contribution in [0.15, 0.2) is 60.7 Å². The van der Waals surface area contributed by atoms with Crippen molar-refractivity contribution in [3.63, 3.8) is 0 Å². The molecule has 0 amide bonds. The average molecular weight is 411 g/mol. The summed E-state index contributed by atoms with van der Waals surface area (Å²) in [7, 11) is 0. The molecule has 1 aliphatic rings. The number of benzene rings is 3. The van der Waals surface area contributed by atoms with Crippen molar-refractivity contribution in [2.45, 2.75) is 64.7 Å². The van der Waals surface area contributed by atoms with Crippen LogP contribution in [0.5, 0.6) is 5.75 Å². The quantitative estimate of drug-likeness (QED) is 0.373. The topological polar surface area (TPSA) is 9.23 Å². The minimum atomic E-state index is 0.689. The van der Waals surface area contributed by atoms with Crippen molar-refractivity contribution < 1.29 is 4.74 Å². The fourth-order valence-electron chi connectivity index (χ4n) is 4.82. The van der Waals surface area contributed by atoms with E-state index in [9.17, 15) is 0 Å². The third-order valence-electron chi connectivity index (χ3n) is 6.67. The largest absolute Gasteiger partial charge is 0.494 e. The van der Waals surface area contributed by atoms with Gasteiger partial charge < -0.3 is 4.74 Å². The number of rotatable bonds is 6. The first-order valence-corrected chi connectivity index (χ1v) is 12.0. The van der Waals surface area contributed by atoms with Crippen LogP contribution in [-0.2, 0) is 0 Å². The van der Waals surface area contributed by atoms with E-state index in [1.54, 1.807) is 0 Å². The maximum Gasteiger partial charge on any atom is 0.119 e. The smallest absolute Gasteiger partial charge is 0.119 e. The average Bonchev–Trinajstić information content (AvgIpc) is 2.82. The summed E-state index contributed by atoms with van der Waals surface area (Å²) in [5.74, 6) is 9.30. The summed E-state index contributed by atoms with van der Waals surface area (Å²) >= 11 is 0. The van der Waals surface area contributed by atoms with Crippen LogP contribution in [0.3, 0.4) is 0 Å². The lowest BCUT2D eigenvalue weighted by Crippen LogP contribution is -2.13. The summed E-state index contributed by atoms with van der Waals surface area (Å²) in [6.07, 6.45) is 9.66. The van der Waals surface area contributed by atoms with Crippen LogP contribution in [0.25, 0.3) is 10.8 Å². The lowest BCUT2D eigenvalue weighted by Gasteiger charge is -2.28.